The molecule has 28 heavy (non-hydrogen) atoms. The van der Waals surface area contributed by atoms with Gasteiger partial charge in [0.2, 0.25) is 5.91 Å². The predicted octanol–water partition coefficient (Wildman–Crippen LogP) is 1.91. The van der Waals surface area contributed by atoms with E-state index >= 15 is 0 Å². The lowest BCUT2D eigenvalue weighted by atomic mass is 10.0. The fraction of sp³-hybridized carbons (Fsp3) is 0.526. The molecule has 0 bridgehead atoms. The summed E-state index contributed by atoms with van der Waals surface area (Å²) >= 11 is 0. The van der Waals surface area contributed by atoms with Crippen molar-refractivity contribution in [1.29, 1.82) is 0 Å². The van der Waals surface area contributed by atoms with Crippen molar-refractivity contribution in [1.82, 2.24) is 10.6 Å². The highest BCUT2D eigenvalue weighted by molar-refractivity contribution is 5.86. The number of carbonyl (C=O) groups is 3. The van der Waals surface area contributed by atoms with E-state index in [1.165, 1.54) is 13.0 Å². The van der Waals surface area contributed by atoms with E-state index in [9.17, 15) is 23.9 Å². The monoisotopic (exact) mass is 397 g/mol. The zero-order valence-corrected chi connectivity index (χ0v) is 16.7. The normalized spacial score (nSPS) is 11.6. The molecule has 9 heteroatoms. The van der Waals surface area contributed by atoms with Gasteiger partial charge in [0.25, 0.3) is 0 Å². The van der Waals surface area contributed by atoms with Crippen LogP contribution in [-0.4, -0.2) is 49.8 Å². The molecule has 8 nitrogen and oxygen atoms in total. The second-order valence-corrected chi connectivity index (χ2v) is 6.55. The van der Waals surface area contributed by atoms with Crippen molar-refractivity contribution in [2.75, 3.05) is 31.6 Å². The Labute approximate surface area is 164 Å². The number of likely N-dealkylation sites (N-methyl/N-ethyl adjacent to an activating group) is 1. The number of nitrogens with one attached hydrogen (secondary N) is 2. The molecule has 2 amide bonds. The molecular formula is C19H28FN3O5. The lowest BCUT2D eigenvalue weighted by Gasteiger charge is -2.25. The van der Waals surface area contributed by atoms with Crippen molar-refractivity contribution in [3.05, 3.63) is 29.1 Å². The molecular weight excluding hydrogens is 369 g/mol. The molecule has 1 rings (SSSR count). The van der Waals surface area contributed by atoms with Gasteiger partial charge in [0.15, 0.2) is 0 Å². The van der Waals surface area contributed by atoms with Gasteiger partial charge in [-0.05, 0) is 42.6 Å². The zero-order valence-electron chi connectivity index (χ0n) is 16.7. The van der Waals surface area contributed by atoms with E-state index in [0.717, 1.165) is 11.0 Å². The number of esters is 1. The molecule has 3 N–H and O–H groups in total. The molecule has 1 aromatic rings. The number of hydrogen-bond donors (Lipinski definition) is 3. The van der Waals surface area contributed by atoms with Crippen LogP contribution in [0.4, 0.5) is 14.9 Å². The second kappa shape index (κ2) is 11.2. The van der Waals surface area contributed by atoms with E-state index in [1.54, 1.807) is 20.9 Å². The number of ether oxygens (including phenoxy) is 1. The Morgan fingerprint density at radius 2 is 2.00 bits per heavy atom. The van der Waals surface area contributed by atoms with Crippen LogP contribution in [0.2, 0.25) is 0 Å². The van der Waals surface area contributed by atoms with Gasteiger partial charge in [-0.3, -0.25) is 14.5 Å². The van der Waals surface area contributed by atoms with Crippen LogP contribution < -0.4 is 15.5 Å². The van der Waals surface area contributed by atoms with Crippen molar-refractivity contribution in [2.24, 2.45) is 5.92 Å². The third kappa shape index (κ3) is 7.15. The molecule has 0 aromatic heterocycles. The number of carboxylic acid groups (broad SMARTS) is 1. The van der Waals surface area contributed by atoms with Crippen molar-refractivity contribution in [2.45, 2.75) is 33.8 Å². The van der Waals surface area contributed by atoms with Gasteiger partial charge in [-0.2, -0.15) is 0 Å². The summed E-state index contributed by atoms with van der Waals surface area (Å²) in [4.78, 5) is 35.4. The Morgan fingerprint density at radius 1 is 1.32 bits per heavy atom. The first-order valence-corrected chi connectivity index (χ1v) is 9.05. The maximum Gasteiger partial charge on any atom is 0.411 e. The number of benzene rings is 1. The fourth-order valence-corrected chi connectivity index (χ4v) is 2.70. The third-order valence-electron chi connectivity index (χ3n) is 4.07. The Balaban J connectivity index is 3.09. The van der Waals surface area contributed by atoms with E-state index in [0.29, 0.717) is 24.1 Å². The topological polar surface area (TPSA) is 108 Å². The first-order chi connectivity index (χ1) is 13.2. The largest absolute Gasteiger partial charge is 0.465 e. The molecule has 0 unspecified atom stereocenters. The van der Waals surface area contributed by atoms with E-state index in [1.807, 2.05) is 0 Å². The summed E-state index contributed by atoms with van der Waals surface area (Å²) in [7, 11) is 1.60. The van der Waals surface area contributed by atoms with E-state index in [2.05, 4.69) is 10.6 Å². The van der Waals surface area contributed by atoms with Crippen molar-refractivity contribution in [3.63, 3.8) is 0 Å². The Bertz CT molecular complexity index is 711. The smallest absolute Gasteiger partial charge is 0.411 e. The quantitative estimate of drug-likeness (QED) is 0.521. The average molecular weight is 397 g/mol. The number of rotatable bonds is 10. The van der Waals surface area contributed by atoms with Gasteiger partial charge < -0.3 is 20.5 Å². The average Bonchev–Trinajstić information content (AvgIpc) is 2.62. The Hall–Kier alpha value is -2.68. The lowest BCUT2D eigenvalue weighted by Crippen LogP contribution is -2.38. The number of carbonyl (C=O) groups excluding carboxylic acids is 2. The molecule has 0 fully saturated rings. The van der Waals surface area contributed by atoms with E-state index in [4.69, 9.17) is 4.74 Å². The van der Waals surface area contributed by atoms with Gasteiger partial charge >= 0.3 is 12.1 Å². The van der Waals surface area contributed by atoms with Crippen LogP contribution in [0.5, 0.6) is 0 Å². The van der Waals surface area contributed by atoms with Crippen molar-refractivity contribution < 1.29 is 28.6 Å². The second-order valence-electron chi connectivity index (χ2n) is 6.55. The summed E-state index contributed by atoms with van der Waals surface area (Å²) in [5.41, 5.74) is 0.942. The molecule has 0 saturated heterocycles. The third-order valence-corrected chi connectivity index (χ3v) is 4.07. The van der Waals surface area contributed by atoms with Crippen LogP contribution >= 0.6 is 0 Å². The summed E-state index contributed by atoms with van der Waals surface area (Å²) in [5, 5.41) is 14.9. The summed E-state index contributed by atoms with van der Waals surface area (Å²) in [6.07, 6.45) is -0.867. The molecule has 0 aliphatic rings. The molecule has 0 spiro atoms. The van der Waals surface area contributed by atoms with Crippen molar-refractivity contribution in [3.8, 4) is 0 Å². The number of hydrogen-bond acceptors (Lipinski definition) is 5. The van der Waals surface area contributed by atoms with Crippen molar-refractivity contribution >= 4 is 23.7 Å². The summed E-state index contributed by atoms with van der Waals surface area (Å²) < 4.78 is 19.7. The van der Waals surface area contributed by atoms with Gasteiger partial charge in [-0.1, -0.05) is 13.8 Å². The first kappa shape index (κ1) is 23.4. The number of nitrogens with zero attached hydrogens (tertiary/aromatic N) is 1. The molecule has 0 aliphatic carbocycles. The minimum atomic E-state index is -1.24. The highest BCUT2D eigenvalue weighted by Crippen LogP contribution is 2.25. The highest BCUT2D eigenvalue weighted by Gasteiger charge is 2.21. The van der Waals surface area contributed by atoms with E-state index in [-0.39, 0.29) is 37.2 Å². The number of anilines is 1. The maximum atomic E-state index is 14.6. The van der Waals surface area contributed by atoms with Gasteiger partial charge in [-0.25, -0.2) is 9.18 Å². The number of amides is 2. The van der Waals surface area contributed by atoms with Crippen LogP contribution in [0.25, 0.3) is 0 Å². The highest BCUT2D eigenvalue weighted by atomic mass is 19.1. The SMILES string of the molecule is CCc1c(F)cc(N(C[C@@H](C)CNC(C)=O)C(=O)O)cc1COC(=O)CNC. The minimum Gasteiger partial charge on any atom is -0.465 e. The molecule has 156 valence electrons. The molecule has 1 aromatic carbocycles. The Kier molecular flexibility index (Phi) is 9.37. The number of halogens is 1. The molecule has 0 saturated carbocycles. The van der Waals surface area contributed by atoms with Crippen LogP contribution in [0, 0.1) is 11.7 Å². The van der Waals surface area contributed by atoms with Crippen LogP contribution in [-0.2, 0) is 27.4 Å². The zero-order chi connectivity index (χ0) is 21.3. The van der Waals surface area contributed by atoms with Gasteiger partial charge in [0, 0.05) is 20.0 Å². The minimum absolute atomic E-state index is 0.0194. The first-order valence-electron chi connectivity index (χ1n) is 9.05. The summed E-state index contributed by atoms with van der Waals surface area (Å²) in [6.45, 7) is 5.16. The summed E-state index contributed by atoms with van der Waals surface area (Å²) in [5.74, 6) is -1.45. The van der Waals surface area contributed by atoms with E-state index < -0.39 is 17.9 Å². The molecule has 0 heterocycles. The van der Waals surface area contributed by atoms with Crippen LogP contribution in [0.3, 0.4) is 0 Å². The Morgan fingerprint density at radius 3 is 2.54 bits per heavy atom. The fourth-order valence-electron chi connectivity index (χ4n) is 2.70. The van der Waals surface area contributed by atoms with Gasteiger partial charge in [-0.15, -0.1) is 0 Å². The maximum absolute atomic E-state index is 14.6. The van der Waals surface area contributed by atoms with Gasteiger partial charge in [0.05, 0.1) is 12.2 Å². The molecule has 0 aliphatic heterocycles. The van der Waals surface area contributed by atoms with Crippen LogP contribution in [0.1, 0.15) is 31.9 Å². The predicted molar refractivity (Wildman–Crippen MR) is 103 cm³/mol. The summed E-state index contributed by atoms with van der Waals surface area (Å²) in [6, 6.07) is 2.69. The van der Waals surface area contributed by atoms with Gasteiger partial charge in [0.1, 0.15) is 12.4 Å². The van der Waals surface area contributed by atoms with Crippen LogP contribution in [0.15, 0.2) is 12.1 Å². The lowest BCUT2D eigenvalue weighted by molar-refractivity contribution is -0.143. The molecule has 1 atom stereocenters. The molecule has 0 radical (unpaired) electrons. The standard InChI is InChI=1S/C19H28FN3O5/c1-5-16-14(11-28-18(25)9-21-4)6-15(7-17(16)20)23(19(26)27)10-12(2)8-22-13(3)24/h6-7,12,21H,5,8-11H2,1-4H3,(H,22,24)(H,26,27)/t12-/m0/s1.